The van der Waals surface area contributed by atoms with Crippen LogP contribution >= 0.6 is 0 Å². The van der Waals surface area contributed by atoms with E-state index < -0.39 is 0 Å². The third-order valence-corrected chi connectivity index (χ3v) is 3.03. The molecule has 0 aliphatic heterocycles. The molecule has 0 aromatic rings. The maximum absolute atomic E-state index is 9.95. The fourth-order valence-corrected chi connectivity index (χ4v) is 2.20. The molecule has 0 bridgehead atoms. The zero-order chi connectivity index (χ0) is 9.19. The Balaban J connectivity index is 2.65. The summed E-state index contributed by atoms with van der Waals surface area (Å²) in [7, 11) is 1.72. The predicted octanol–water partition coefficient (Wildman–Crippen LogP) is 1.96. The molecular weight excluding hydrogens is 152 g/mol. The number of hydrogen-bond donors (Lipinski definition) is 1. The average molecular weight is 172 g/mol. The molecule has 2 nitrogen and oxygen atoms in total. The van der Waals surface area contributed by atoms with Gasteiger partial charge in [0.2, 0.25) is 0 Å². The van der Waals surface area contributed by atoms with Crippen molar-refractivity contribution in [1.29, 1.82) is 0 Å². The lowest BCUT2D eigenvalue weighted by molar-refractivity contribution is -0.114. The first-order valence-corrected chi connectivity index (χ1v) is 4.85. The van der Waals surface area contributed by atoms with E-state index in [0.29, 0.717) is 5.92 Å². The monoisotopic (exact) mass is 172 g/mol. The van der Waals surface area contributed by atoms with Gasteiger partial charge in [0, 0.05) is 7.11 Å². The first-order valence-electron chi connectivity index (χ1n) is 4.85. The maximum atomic E-state index is 9.95. The Morgan fingerprint density at radius 3 is 2.08 bits per heavy atom. The average Bonchev–Trinajstić information content (AvgIpc) is 2.52. The quantitative estimate of drug-likeness (QED) is 0.705. The van der Waals surface area contributed by atoms with Crippen LogP contribution in [0.15, 0.2) is 0 Å². The summed E-state index contributed by atoms with van der Waals surface area (Å²) in [6.07, 6.45) is 4.12. The molecule has 0 aromatic heterocycles. The van der Waals surface area contributed by atoms with Gasteiger partial charge in [-0.25, -0.2) is 0 Å². The van der Waals surface area contributed by atoms with Crippen LogP contribution in [0.3, 0.4) is 0 Å². The van der Waals surface area contributed by atoms with E-state index in [9.17, 15) is 5.11 Å². The number of methoxy groups -OCH3 is 1. The van der Waals surface area contributed by atoms with E-state index in [-0.39, 0.29) is 11.7 Å². The maximum Gasteiger partial charge on any atom is 0.0938 e. The lowest BCUT2D eigenvalue weighted by Crippen LogP contribution is -2.44. The molecule has 1 fully saturated rings. The second-order valence-electron chi connectivity index (χ2n) is 4.16. The van der Waals surface area contributed by atoms with E-state index >= 15 is 0 Å². The molecule has 12 heavy (non-hydrogen) atoms. The summed E-state index contributed by atoms with van der Waals surface area (Å²) >= 11 is 0. The van der Waals surface area contributed by atoms with Crippen molar-refractivity contribution in [3.8, 4) is 0 Å². The highest BCUT2D eigenvalue weighted by molar-refractivity contribution is 4.93. The van der Waals surface area contributed by atoms with Crippen molar-refractivity contribution in [3.63, 3.8) is 0 Å². The molecule has 0 spiro atoms. The Morgan fingerprint density at radius 2 is 1.75 bits per heavy atom. The van der Waals surface area contributed by atoms with Crippen LogP contribution in [0.25, 0.3) is 0 Å². The lowest BCUT2D eigenvalue weighted by Gasteiger charge is -2.35. The van der Waals surface area contributed by atoms with Crippen molar-refractivity contribution < 1.29 is 9.84 Å². The standard InChI is InChI=1S/C10H20O2/c1-8(2)9(11)10(12-3)6-4-5-7-10/h8-9,11H,4-7H2,1-3H3. The van der Waals surface area contributed by atoms with Crippen molar-refractivity contribution in [3.05, 3.63) is 0 Å². The minimum Gasteiger partial charge on any atom is -0.390 e. The second kappa shape index (κ2) is 3.75. The highest BCUT2D eigenvalue weighted by Crippen LogP contribution is 2.37. The van der Waals surface area contributed by atoms with Gasteiger partial charge in [-0.2, -0.15) is 0 Å². The summed E-state index contributed by atoms with van der Waals surface area (Å²) in [5, 5.41) is 9.95. The normalized spacial score (nSPS) is 24.8. The molecule has 1 rings (SSSR count). The van der Waals surface area contributed by atoms with Gasteiger partial charge in [-0.3, -0.25) is 0 Å². The molecule has 0 aromatic carbocycles. The van der Waals surface area contributed by atoms with Crippen molar-refractivity contribution in [2.24, 2.45) is 5.92 Å². The van der Waals surface area contributed by atoms with Gasteiger partial charge in [0.1, 0.15) is 0 Å². The number of ether oxygens (including phenoxy) is 1. The molecule has 72 valence electrons. The molecule has 1 saturated carbocycles. The summed E-state index contributed by atoms with van der Waals surface area (Å²) in [4.78, 5) is 0. The molecule has 1 aliphatic carbocycles. The summed E-state index contributed by atoms with van der Waals surface area (Å²) in [6.45, 7) is 4.09. The Bertz CT molecular complexity index is 137. The van der Waals surface area contributed by atoms with Gasteiger partial charge in [0.15, 0.2) is 0 Å². The van der Waals surface area contributed by atoms with Crippen LogP contribution in [0.4, 0.5) is 0 Å². The summed E-state index contributed by atoms with van der Waals surface area (Å²) in [6, 6.07) is 0. The molecule has 0 amide bonds. The SMILES string of the molecule is COC1(C(O)C(C)C)CCCC1. The molecule has 0 saturated heterocycles. The van der Waals surface area contributed by atoms with Gasteiger partial charge in [0.05, 0.1) is 11.7 Å². The van der Waals surface area contributed by atoms with Gasteiger partial charge in [0.25, 0.3) is 0 Å². The topological polar surface area (TPSA) is 29.5 Å². The zero-order valence-corrected chi connectivity index (χ0v) is 8.34. The van der Waals surface area contributed by atoms with Crippen LogP contribution in [0, 0.1) is 5.92 Å². The van der Waals surface area contributed by atoms with E-state index in [0.717, 1.165) is 12.8 Å². The molecule has 1 aliphatic rings. The molecule has 1 unspecified atom stereocenters. The van der Waals surface area contributed by atoms with Crippen LogP contribution < -0.4 is 0 Å². The summed E-state index contributed by atoms with van der Waals surface area (Å²) in [5.74, 6) is 0.294. The number of aliphatic hydroxyl groups excluding tert-OH is 1. The van der Waals surface area contributed by atoms with Crippen molar-refractivity contribution in [1.82, 2.24) is 0 Å². The molecule has 1 atom stereocenters. The minimum absolute atomic E-state index is 0.228. The van der Waals surface area contributed by atoms with Gasteiger partial charge in [-0.05, 0) is 18.8 Å². The lowest BCUT2D eigenvalue weighted by atomic mass is 9.87. The van der Waals surface area contributed by atoms with Gasteiger partial charge in [-0.1, -0.05) is 26.7 Å². The fraction of sp³-hybridized carbons (Fsp3) is 1.00. The summed E-state index contributed by atoms with van der Waals surface area (Å²) < 4.78 is 5.47. The van der Waals surface area contributed by atoms with E-state index in [1.807, 2.05) is 13.8 Å². The first-order chi connectivity index (χ1) is 5.62. The van der Waals surface area contributed by atoms with Crippen LogP contribution in [0.2, 0.25) is 0 Å². The largest absolute Gasteiger partial charge is 0.390 e. The predicted molar refractivity (Wildman–Crippen MR) is 49.1 cm³/mol. The molecular formula is C10H20O2. The second-order valence-corrected chi connectivity index (χ2v) is 4.16. The van der Waals surface area contributed by atoms with Crippen molar-refractivity contribution in [2.45, 2.75) is 51.2 Å². The van der Waals surface area contributed by atoms with Gasteiger partial charge in [-0.15, -0.1) is 0 Å². The number of rotatable bonds is 3. The number of aliphatic hydroxyl groups is 1. The highest BCUT2D eigenvalue weighted by Gasteiger charge is 2.41. The van der Waals surface area contributed by atoms with Crippen LogP contribution in [0.1, 0.15) is 39.5 Å². The third-order valence-electron chi connectivity index (χ3n) is 3.03. The van der Waals surface area contributed by atoms with Gasteiger partial charge < -0.3 is 9.84 Å². The van der Waals surface area contributed by atoms with Crippen molar-refractivity contribution in [2.75, 3.05) is 7.11 Å². The van der Waals surface area contributed by atoms with E-state index in [1.165, 1.54) is 12.8 Å². The summed E-state index contributed by atoms with van der Waals surface area (Å²) in [5.41, 5.74) is -0.228. The van der Waals surface area contributed by atoms with Gasteiger partial charge >= 0.3 is 0 Å². The molecule has 0 radical (unpaired) electrons. The first kappa shape index (κ1) is 10.0. The Morgan fingerprint density at radius 1 is 1.25 bits per heavy atom. The smallest absolute Gasteiger partial charge is 0.0938 e. The minimum atomic E-state index is -0.301. The molecule has 0 heterocycles. The third kappa shape index (κ3) is 1.64. The number of hydrogen-bond acceptors (Lipinski definition) is 2. The van der Waals surface area contributed by atoms with E-state index in [1.54, 1.807) is 7.11 Å². The zero-order valence-electron chi connectivity index (χ0n) is 8.34. The Labute approximate surface area is 74.9 Å². The Kier molecular flexibility index (Phi) is 3.13. The highest BCUT2D eigenvalue weighted by atomic mass is 16.5. The van der Waals surface area contributed by atoms with Crippen molar-refractivity contribution >= 4 is 0 Å². The van der Waals surface area contributed by atoms with E-state index in [4.69, 9.17) is 4.74 Å². The van der Waals surface area contributed by atoms with Crippen LogP contribution in [-0.4, -0.2) is 23.9 Å². The van der Waals surface area contributed by atoms with Crippen LogP contribution in [0.5, 0.6) is 0 Å². The molecule has 1 N–H and O–H groups in total. The fourth-order valence-electron chi connectivity index (χ4n) is 2.20. The van der Waals surface area contributed by atoms with E-state index in [2.05, 4.69) is 0 Å². The Hall–Kier alpha value is -0.0800. The van der Waals surface area contributed by atoms with Crippen LogP contribution in [-0.2, 0) is 4.74 Å². The molecule has 2 heteroatoms.